The van der Waals surface area contributed by atoms with Crippen LogP contribution in [0.3, 0.4) is 0 Å². The number of anilines is 3. The van der Waals surface area contributed by atoms with Gasteiger partial charge in [-0.1, -0.05) is 23.7 Å². The third-order valence-corrected chi connectivity index (χ3v) is 4.12. The molecular weight excluding hydrogens is 364 g/mol. The first-order chi connectivity index (χ1) is 13.0. The molecule has 0 saturated heterocycles. The number of hydrogen-bond acceptors (Lipinski definition) is 5. The molecular formula is C20H19ClN4O2. The highest BCUT2D eigenvalue weighted by atomic mass is 35.5. The largest absolute Gasteiger partial charge is 0.478 e. The number of carboxylic acid groups (broad SMARTS) is 1. The Bertz CT molecular complexity index is 928. The Balaban J connectivity index is 1.63. The summed E-state index contributed by atoms with van der Waals surface area (Å²) in [5, 5.41) is 16.1. The van der Waals surface area contributed by atoms with Gasteiger partial charge in [0.15, 0.2) is 0 Å². The topological polar surface area (TPSA) is 87.1 Å². The maximum atomic E-state index is 10.9. The molecule has 3 N–H and O–H groups in total. The van der Waals surface area contributed by atoms with Crippen LogP contribution in [-0.2, 0) is 6.42 Å². The first-order valence-electron chi connectivity index (χ1n) is 8.44. The van der Waals surface area contributed by atoms with Crippen molar-refractivity contribution in [2.75, 3.05) is 17.2 Å². The third-order valence-electron chi connectivity index (χ3n) is 3.87. The molecule has 0 spiro atoms. The van der Waals surface area contributed by atoms with Gasteiger partial charge in [0.2, 0.25) is 5.95 Å². The lowest BCUT2D eigenvalue weighted by atomic mass is 10.1. The van der Waals surface area contributed by atoms with Crippen molar-refractivity contribution in [1.29, 1.82) is 0 Å². The normalized spacial score (nSPS) is 10.4. The molecule has 0 aliphatic rings. The van der Waals surface area contributed by atoms with Crippen LogP contribution in [0, 0.1) is 6.92 Å². The molecule has 138 valence electrons. The number of halogens is 1. The summed E-state index contributed by atoms with van der Waals surface area (Å²) in [5.41, 5.74) is 2.99. The molecule has 1 aromatic heterocycles. The van der Waals surface area contributed by atoms with Crippen LogP contribution in [0.25, 0.3) is 0 Å². The summed E-state index contributed by atoms with van der Waals surface area (Å²) in [6, 6.07) is 16.1. The number of carbonyl (C=O) groups is 1. The van der Waals surface area contributed by atoms with E-state index in [9.17, 15) is 4.79 Å². The molecule has 0 aliphatic heterocycles. The van der Waals surface area contributed by atoms with Crippen LogP contribution in [0.15, 0.2) is 54.6 Å². The Kier molecular flexibility index (Phi) is 5.88. The second kappa shape index (κ2) is 8.51. The first kappa shape index (κ1) is 18.7. The Labute approximate surface area is 162 Å². The van der Waals surface area contributed by atoms with Gasteiger partial charge in [0.25, 0.3) is 0 Å². The molecule has 6 nitrogen and oxygen atoms in total. The predicted octanol–water partition coefficient (Wildman–Crippen LogP) is 4.53. The zero-order chi connectivity index (χ0) is 19.2. The van der Waals surface area contributed by atoms with E-state index < -0.39 is 5.97 Å². The monoisotopic (exact) mass is 382 g/mol. The molecule has 0 unspecified atom stereocenters. The summed E-state index contributed by atoms with van der Waals surface area (Å²) >= 11 is 5.90. The van der Waals surface area contributed by atoms with Gasteiger partial charge in [0.1, 0.15) is 5.82 Å². The summed E-state index contributed by atoms with van der Waals surface area (Å²) < 4.78 is 0. The zero-order valence-electron chi connectivity index (χ0n) is 14.7. The van der Waals surface area contributed by atoms with Crippen molar-refractivity contribution in [3.8, 4) is 0 Å². The SMILES string of the molecule is Cc1cc(Nc2ccc(C(=O)O)cc2)nc(NCCc2ccc(Cl)cc2)n1. The van der Waals surface area contributed by atoms with Gasteiger partial charge in [-0.25, -0.2) is 9.78 Å². The Morgan fingerprint density at radius 3 is 2.44 bits per heavy atom. The molecule has 0 aliphatic carbocycles. The zero-order valence-corrected chi connectivity index (χ0v) is 15.5. The van der Waals surface area contributed by atoms with E-state index >= 15 is 0 Å². The lowest BCUT2D eigenvalue weighted by Crippen LogP contribution is -2.09. The second-order valence-electron chi connectivity index (χ2n) is 6.03. The molecule has 3 rings (SSSR count). The number of nitrogens with zero attached hydrogens (tertiary/aromatic N) is 2. The van der Waals surface area contributed by atoms with Crippen LogP contribution in [-0.4, -0.2) is 27.6 Å². The van der Waals surface area contributed by atoms with Crippen LogP contribution in [0.5, 0.6) is 0 Å². The number of carboxylic acids is 1. The van der Waals surface area contributed by atoms with Crippen LogP contribution in [0.1, 0.15) is 21.6 Å². The highest BCUT2D eigenvalue weighted by molar-refractivity contribution is 6.30. The van der Waals surface area contributed by atoms with Crippen molar-refractivity contribution in [1.82, 2.24) is 9.97 Å². The van der Waals surface area contributed by atoms with Gasteiger partial charge in [0, 0.05) is 29.0 Å². The van der Waals surface area contributed by atoms with Crippen molar-refractivity contribution >= 4 is 35.0 Å². The third kappa shape index (κ3) is 5.43. The van der Waals surface area contributed by atoms with Crippen LogP contribution >= 0.6 is 11.6 Å². The number of hydrogen-bond donors (Lipinski definition) is 3. The van der Waals surface area contributed by atoms with Gasteiger partial charge in [-0.05, 0) is 55.3 Å². The van der Waals surface area contributed by atoms with E-state index in [1.165, 1.54) is 5.56 Å². The molecule has 2 aromatic carbocycles. The Morgan fingerprint density at radius 2 is 1.78 bits per heavy atom. The molecule has 7 heteroatoms. The second-order valence-corrected chi connectivity index (χ2v) is 6.47. The van der Waals surface area contributed by atoms with Crippen LogP contribution in [0.4, 0.5) is 17.5 Å². The highest BCUT2D eigenvalue weighted by Gasteiger charge is 2.05. The summed E-state index contributed by atoms with van der Waals surface area (Å²) in [6.45, 7) is 2.59. The van der Waals surface area contributed by atoms with Crippen molar-refractivity contribution in [2.24, 2.45) is 0 Å². The molecule has 0 fully saturated rings. The van der Waals surface area contributed by atoms with E-state index in [1.807, 2.05) is 37.3 Å². The molecule has 0 saturated carbocycles. The Morgan fingerprint density at radius 1 is 1.07 bits per heavy atom. The van der Waals surface area contributed by atoms with Gasteiger partial charge in [-0.3, -0.25) is 0 Å². The van der Waals surface area contributed by atoms with E-state index in [4.69, 9.17) is 16.7 Å². The minimum absolute atomic E-state index is 0.240. The Hall–Kier alpha value is -3.12. The quantitative estimate of drug-likeness (QED) is 0.556. The fraction of sp³-hybridized carbons (Fsp3) is 0.150. The van der Waals surface area contributed by atoms with Gasteiger partial charge in [-0.15, -0.1) is 0 Å². The van der Waals surface area contributed by atoms with Gasteiger partial charge < -0.3 is 15.7 Å². The smallest absolute Gasteiger partial charge is 0.335 e. The van der Waals surface area contributed by atoms with Crippen molar-refractivity contribution in [3.05, 3.63) is 76.4 Å². The lowest BCUT2D eigenvalue weighted by molar-refractivity contribution is 0.0697. The van der Waals surface area contributed by atoms with Gasteiger partial charge in [0.05, 0.1) is 5.56 Å². The van der Waals surface area contributed by atoms with E-state index in [-0.39, 0.29) is 5.56 Å². The standard InChI is InChI=1S/C20H19ClN4O2/c1-13-12-18(24-17-8-4-15(5-9-17)19(26)27)25-20(23-13)22-11-10-14-2-6-16(21)7-3-14/h2-9,12H,10-11H2,1H3,(H,26,27)(H2,22,23,24,25). The molecule has 0 amide bonds. The van der Waals surface area contributed by atoms with Crippen molar-refractivity contribution < 1.29 is 9.90 Å². The maximum Gasteiger partial charge on any atom is 0.335 e. The average molecular weight is 383 g/mol. The lowest BCUT2D eigenvalue weighted by Gasteiger charge is -2.10. The molecule has 0 radical (unpaired) electrons. The van der Waals surface area contributed by atoms with Crippen LogP contribution < -0.4 is 10.6 Å². The molecule has 0 bridgehead atoms. The van der Waals surface area contributed by atoms with E-state index in [0.717, 1.165) is 22.8 Å². The van der Waals surface area contributed by atoms with E-state index in [1.54, 1.807) is 24.3 Å². The van der Waals surface area contributed by atoms with Crippen molar-refractivity contribution in [2.45, 2.75) is 13.3 Å². The maximum absolute atomic E-state index is 10.9. The number of rotatable bonds is 7. The minimum Gasteiger partial charge on any atom is -0.478 e. The molecule has 1 heterocycles. The molecule has 27 heavy (non-hydrogen) atoms. The highest BCUT2D eigenvalue weighted by Crippen LogP contribution is 2.18. The number of aromatic carboxylic acids is 1. The van der Waals surface area contributed by atoms with E-state index in [0.29, 0.717) is 18.3 Å². The fourth-order valence-electron chi connectivity index (χ4n) is 2.53. The first-order valence-corrected chi connectivity index (χ1v) is 8.82. The summed E-state index contributed by atoms with van der Waals surface area (Å²) in [6.07, 6.45) is 0.827. The van der Waals surface area contributed by atoms with Crippen molar-refractivity contribution in [3.63, 3.8) is 0 Å². The predicted molar refractivity (Wildman–Crippen MR) is 107 cm³/mol. The van der Waals surface area contributed by atoms with E-state index in [2.05, 4.69) is 20.6 Å². The number of nitrogens with one attached hydrogen (secondary N) is 2. The summed E-state index contributed by atoms with van der Waals surface area (Å²) in [5.74, 6) is 0.222. The number of aryl methyl sites for hydroxylation is 1. The molecule has 0 atom stereocenters. The molecule has 3 aromatic rings. The average Bonchev–Trinajstić information content (AvgIpc) is 2.63. The summed E-state index contributed by atoms with van der Waals surface area (Å²) in [4.78, 5) is 19.8. The summed E-state index contributed by atoms with van der Waals surface area (Å²) in [7, 11) is 0. The van der Waals surface area contributed by atoms with Crippen LogP contribution in [0.2, 0.25) is 5.02 Å². The van der Waals surface area contributed by atoms with Gasteiger partial charge in [-0.2, -0.15) is 4.98 Å². The van der Waals surface area contributed by atoms with Gasteiger partial charge >= 0.3 is 5.97 Å². The fourth-order valence-corrected chi connectivity index (χ4v) is 2.65. The minimum atomic E-state index is -0.952. The number of aromatic nitrogens is 2. The number of benzene rings is 2.